The molecule has 2 aromatic rings. The van der Waals surface area contributed by atoms with Crippen molar-refractivity contribution in [3.8, 4) is 17.2 Å². The minimum atomic E-state index is -0.335. The molecule has 0 bridgehead atoms. The number of hydrogen-bond acceptors (Lipinski definition) is 6. The SMILES string of the molecule is COc1ccc(NC(=O)CO/N=C/c2cc(Cl)c(OC)c(OC)c2)cc1. The molecule has 0 unspecified atom stereocenters. The number of ether oxygens (including phenoxy) is 3. The third-order valence-corrected chi connectivity index (χ3v) is 3.58. The first-order valence-electron chi connectivity index (χ1n) is 7.58. The number of nitrogens with one attached hydrogen (secondary N) is 1. The molecule has 2 aromatic carbocycles. The lowest BCUT2D eigenvalue weighted by molar-refractivity contribution is -0.120. The van der Waals surface area contributed by atoms with E-state index in [0.717, 1.165) is 0 Å². The lowest BCUT2D eigenvalue weighted by Gasteiger charge is -2.09. The van der Waals surface area contributed by atoms with Crippen LogP contribution in [0, 0.1) is 0 Å². The van der Waals surface area contributed by atoms with E-state index < -0.39 is 0 Å². The summed E-state index contributed by atoms with van der Waals surface area (Å²) in [5, 5.41) is 6.83. The van der Waals surface area contributed by atoms with Crippen LogP contribution in [0.2, 0.25) is 5.02 Å². The maximum Gasteiger partial charge on any atom is 0.265 e. The van der Waals surface area contributed by atoms with E-state index in [2.05, 4.69) is 10.5 Å². The summed E-state index contributed by atoms with van der Waals surface area (Å²) in [7, 11) is 4.59. The maximum atomic E-state index is 11.8. The number of amides is 1. The number of halogens is 1. The van der Waals surface area contributed by atoms with Crippen LogP contribution < -0.4 is 19.5 Å². The smallest absolute Gasteiger partial charge is 0.265 e. The summed E-state index contributed by atoms with van der Waals surface area (Å²) < 4.78 is 15.4. The Morgan fingerprint density at radius 3 is 2.46 bits per heavy atom. The second-order valence-corrected chi connectivity index (χ2v) is 5.43. The van der Waals surface area contributed by atoms with E-state index in [0.29, 0.717) is 33.5 Å². The predicted octanol–water partition coefficient (Wildman–Crippen LogP) is 3.36. The molecule has 0 saturated carbocycles. The van der Waals surface area contributed by atoms with Gasteiger partial charge in [0.1, 0.15) is 5.75 Å². The van der Waals surface area contributed by atoms with Gasteiger partial charge in [0.15, 0.2) is 18.1 Å². The van der Waals surface area contributed by atoms with E-state index in [1.807, 2.05) is 0 Å². The first-order valence-corrected chi connectivity index (χ1v) is 7.96. The minimum absolute atomic E-state index is 0.233. The average molecular weight is 379 g/mol. The van der Waals surface area contributed by atoms with Gasteiger partial charge in [-0.25, -0.2) is 0 Å². The number of rotatable bonds is 8. The fourth-order valence-corrected chi connectivity index (χ4v) is 2.37. The fraction of sp³-hybridized carbons (Fsp3) is 0.222. The van der Waals surface area contributed by atoms with Gasteiger partial charge in [-0.15, -0.1) is 0 Å². The highest BCUT2D eigenvalue weighted by atomic mass is 35.5. The summed E-state index contributed by atoms with van der Waals surface area (Å²) in [6.07, 6.45) is 1.43. The van der Waals surface area contributed by atoms with E-state index >= 15 is 0 Å². The minimum Gasteiger partial charge on any atom is -0.497 e. The van der Waals surface area contributed by atoms with Gasteiger partial charge in [0.2, 0.25) is 0 Å². The molecule has 0 atom stereocenters. The fourth-order valence-electron chi connectivity index (χ4n) is 2.08. The van der Waals surface area contributed by atoms with E-state index in [1.54, 1.807) is 43.5 Å². The lowest BCUT2D eigenvalue weighted by atomic mass is 10.2. The van der Waals surface area contributed by atoms with E-state index in [9.17, 15) is 4.79 Å². The molecule has 26 heavy (non-hydrogen) atoms. The van der Waals surface area contributed by atoms with E-state index in [1.165, 1.54) is 20.4 Å². The third-order valence-electron chi connectivity index (χ3n) is 3.30. The van der Waals surface area contributed by atoms with E-state index in [-0.39, 0.29) is 12.5 Å². The molecular weight excluding hydrogens is 360 g/mol. The van der Waals surface area contributed by atoms with Gasteiger partial charge in [0.25, 0.3) is 5.91 Å². The summed E-state index contributed by atoms with van der Waals surface area (Å²) >= 11 is 6.11. The molecule has 0 radical (unpaired) electrons. The first-order chi connectivity index (χ1) is 12.6. The van der Waals surface area contributed by atoms with Crippen LogP contribution in [0.25, 0.3) is 0 Å². The number of carbonyl (C=O) groups is 1. The van der Waals surface area contributed by atoms with Crippen LogP contribution in [0.4, 0.5) is 5.69 Å². The second-order valence-electron chi connectivity index (χ2n) is 5.02. The van der Waals surface area contributed by atoms with Crippen LogP contribution in [0.1, 0.15) is 5.56 Å². The van der Waals surface area contributed by atoms with Gasteiger partial charge >= 0.3 is 0 Å². The van der Waals surface area contributed by atoms with Crippen molar-refractivity contribution >= 4 is 29.4 Å². The quantitative estimate of drug-likeness (QED) is 0.563. The van der Waals surface area contributed by atoms with Crippen molar-refractivity contribution in [2.24, 2.45) is 5.16 Å². The maximum absolute atomic E-state index is 11.8. The zero-order valence-electron chi connectivity index (χ0n) is 14.6. The molecule has 0 saturated heterocycles. The van der Waals surface area contributed by atoms with Crippen molar-refractivity contribution in [3.05, 3.63) is 47.0 Å². The molecular formula is C18H19ClN2O5. The van der Waals surface area contributed by atoms with Crippen molar-refractivity contribution in [3.63, 3.8) is 0 Å². The van der Waals surface area contributed by atoms with Crippen LogP contribution in [0.5, 0.6) is 17.2 Å². The zero-order valence-corrected chi connectivity index (χ0v) is 15.4. The molecule has 0 spiro atoms. The Hall–Kier alpha value is -2.93. The lowest BCUT2D eigenvalue weighted by Crippen LogP contribution is -2.16. The molecule has 2 rings (SSSR count). The van der Waals surface area contributed by atoms with Crippen molar-refractivity contribution < 1.29 is 23.8 Å². The molecule has 8 heteroatoms. The van der Waals surface area contributed by atoms with Crippen LogP contribution in [-0.2, 0) is 9.63 Å². The van der Waals surface area contributed by atoms with Crippen molar-refractivity contribution in [1.29, 1.82) is 0 Å². The Bertz CT molecular complexity index is 778. The van der Waals surface area contributed by atoms with Crippen molar-refractivity contribution in [1.82, 2.24) is 0 Å². The number of anilines is 1. The van der Waals surface area contributed by atoms with Gasteiger partial charge in [-0.05, 0) is 36.4 Å². The summed E-state index contributed by atoms with van der Waals surface area (Å²) in [6, 6.07) is 10.3. The highest BCUT2D eigenvalue weighted by molar-refractivity contribution is 6.32. The van der Waals surface area contributed by atoms with Gasteiger partial charge in [-0.2, -0.15) is 0 Å². The number of carbonyl (C=O) groups excluding carboxylic acids is 1. The standard InChI is InChI=1S/C18H19ClN2O5/c1-23-14-6-4-13(5-7-14)21-17(22)11-26-20-10-12-8-15(19)18(25-3)16(9-12)24-2/h4-10H,11H2,1-3H3,(H,21,22)/b20-10+. The Morgan fingerprint density at radius 2 is 1.85 bits per heavy atom. The van der Waals surface area contributed by atoms with Gasteiger partial charge in [0, 0.05) is 11.3 Å². The highest BCUT2D eigenvalue weighted by Gasteiger charge is 2.10. The summed E-state index contributed by atoms with van der Waals surface area (Å²) in [5.41, 5.74) is 1.28. The van der Waals surface area contributed by atoms with Crippen molar-refractivity contribution in [2.45, 2.75) is 0 Å². The molecule has 0 aliphatic heterocycles. The molecule has 0 aliphatic carbocycles. The molecule has 0 fully saturated rings. The Labute approximate surface area is 156 Å². The third kappa shape index (κ3) is 5.29. The van der Waals surface area contributed by atoms with Crippen LogP contribution >= 0.6 is 11.6 Å². The Kier molecular flexibility index (Phi) is 7.11. The van der Waals surface area contributed by atoms with Gasteiger partial charge in [-0.1, -0.05) is 16.8 Å². The molecule has 0 heterocycles. The van der Waals surface area contributed by atoms with Gasteiger partial charge in [0.05, 0.1) is 32.6 Å². The predicted molar refractivity (Wildman–Crippen MR) is 99.7 cm³/mol. The normalized spacial score (nSPS) is 10.5. The number of methoxy groups -OCH3 is 3. The number of oxime groups is 1. The van der Waals surface area contributed by atoms with Crippen LogP contribution in [-0.4, -0.2) is 40.1 Å². The summed E-state index contributed by atoms with van der Waals surface area (Å²) in [5.74, 6) is 1.28. The number of benzene rings is 2. The molecule has 1 amide bonds. The number of hydrogen-bond donors (Lipinski definition) is 1. The Balaban J connectivity index is 1.88. The molecule has 1 N–H and O–H groups in total. The second kappa shape index (κ2) is 9.53. The largest absolute Gasteiger partial charge is 0.497 e. The first kappa shape index (κ1) is 19.4. The summed E-state index contributed by atoms with van der Waals surface area (Å²) in [6.45, 7) is -0.233. The van der Waals surface area contributed by atoms with Gasteiger partial charge < -0.3 is 24.4 Å². The average Bonchev–Trinajstić information content (AvgIpc) is 2.65. The molecule has 0 aromatic heterocycles. The highest BCUT2D eigenvalue weighted by Crippen LogP contribution is 2.35. The topological polar surface area (TPSA) is 78.4 Å². The van der Waals surface area contributed by atoms with Gasteiger partial charge in [-0.3, -0.25) is 4.79 Å². The summed E-state index contributed by atoms with van der Waals surface area (Å²) in [4.78, 5) is 16.8. The van der Waals surface area contributed by atoms with Crippen molar-refractivity contribution in [2.75, 3.05) is 33.3 Å². The Morgan fingerprint density at radius 1 is 1.12 bits per heavy atom. The zero-order chi connectivity index (χ0) is 18.9. The molecule has 138 valence electrons. The number of nitrogens with zero attached hydrogens (tertiary/aromatic N) is 1. The monoisotopic (exact) mass is 378 g/mol. The molecule has 7 nitrogen and oxygen atoms in total. The van der Waals surface area contributed by atoms with E-state index in [4.69, 9.17) is 30.6 Å². The van der Waals surface area contributed by atoms with Crippen LogP contribution in [0.15, 0.2) is 41.6 Å². The van der Waals surface area contributed by atoms with Crippen LogP contribution in [0.3, 0.4) is 0 Å². The molecule has 0 aliphatic rings.